The second kappa shape index (κ2) is 9.59. The molecule has 1 atom stereocenters. The van der Waals surface area contributed by atoms with Gasteiger partial charge in [0.1, 0.15) is 18.5 Å². The molecule has 138 valence electrons. The van der Waals surface area contributed by atoms with Gasteiger partial charge in [0, 0.05) is 35.1 Å². The fraction of sp³-hybridized carbons (Fsp3) is 0.211. The van der Waals surface area contributed by atoms with Crippen molar-refractivity contribution in [3.05, 3.63) is 75.5 Å². The van der Waals surface area contributed by atoms with Gasteiger partial charge in [0.15, 0.2) is 0 Å². The molecule has 26 heavy (non-hydrogen) atoms. The summed E-state index contributed by atoms with van der Waals surface area (Å²) in [7, 11) is 0. The summed E-state index contributed by atoms with van der Waals surface area (Å²) in [6, 6.07) is 16.2. The summed E-state index contributed by atoms with van der Waals surface area (Å²) in [5, 5.41) is 14.8. The molecular formula is C19H20Cl2N2O3. The molecule has 7 heteroatoms. The van der Waals surface area contributed by atoms with Crippen molar-refractivity contribution in [3.63, 3.8) is 0 Å². The molecule has 3 aromatic rings. The molecule has 1 heterocycles. The Balaban J connectivity index is 0.00000243. The third kappa shape index (κ3) is 5.75. The van der Waals surface area contributed by atoms with E-state index in [4.69, 9.17) is 16.3 Å². The number of aromatic nitrogens is 1. The van der Waals surface area contributed by atoms with Crippen molar-refractivity contribution in [3.8, 4) is 5.75 Å². The van der Waals surface area contributed by atoms with E-state index < -0.39 is 6.10 Å². The standard InChI is InChI=1S/C19H19ClN2O3.ClH/c20-15-4-1-13(2-5-15)10-21-11-16(23)12-25-17-6-7-18-14(9-17)3-8-19(24)22-18;/h1-9,16,21,23H,10-12H2,(H,22,24);1H/t16-;/m0./s1. The maximum atomic E-state index is 11.3. The number of aliphatic hydroxyl groups is 1. The van der Waals surface area contributed by atoms with Gasteiger partial charge in [0.2, 0.25) is 5.56 Å². The van der Waals surface area contributed by atoms with E-state index in [-0.39, 0.29) is 24.6 Å². The van der Waals surface area contributed by atoms with Gasteiger partial charge in [-0.25, -0.2) is 0 Å². The summed E-state index contributed by atoms with van der Waals surface area (Å²) in [5.41, 5.74) is 1.72. The summed E-state index contributed by atoms with van der Waals surface area (Å²) in [4.78, 5) is 14.0. The molecular weight excluding hydrogens is 375 g/mol. The molecule has 5 nitrogen and oxygen atoms in total. The van der Waals surface area contributed by atoms with Gasteiger partial charge < -0.3 is 20.1 Å². The molecule has 0 unspecified atom stereocenters. The zero-order valence-corrected chi connectivity index (χ0v) is 15.5. The Morgan fingerprint density at radius 3 is 2.65 bits per heavy atom. The molecule has 0 aliphatic rings. The van der Waals surface area contributed by atoms with Crippen LogP contribution in [0.3, 0.4) is 0 Å². The molecule has 0 fully saturated rings. The zero-order valence-electron chi connectivity index (χ0n) is 13.9. The van der Waals surface area contributed by atoms with E-state index in [0.29, 0.717) is 23.9 Å². The van der Waals surface area contributed by atoms with Crippen LogP contribution in [0.25, 0.3) is 10.9 Å². The van der Waals surface area contributed by atoms with Gasteiger partial charge in [0.05, 0.1) is 0 Å². The molecule has 0 saturated heterocycles. The first-order valence-corrected chi connectivity index (χ1v) is 8.37. The summed E-state index contributed by atoms with van der Waals surface area (Å²) in [6.07, 6.45) is -0.626. The number of nitrogens with one attached hydrogen (secondary N) is 2. The minimum absolute atomic E-state index is 0. The van der Waals surface area contributed by atoms with Gasteiger partial charge in [-0.2, -0.15) is 0 Å². The summed E-state index contributed by atoms with van der Waals surface area (Å²) in [5.74, 6) is 0.649. The number of aromatic amines is 1. The molecule has 0 radical (unpaired) electrons. The van der Waals surface area contributed by atoms with E-state index in [1.165, 1.54) is 6.07 Å². The zero-order chi connectivity index (χ0) is 17.6. The van der Waals surface area contributed by atoms with Crippen LogP contribution >= 0.6 is 24.0 Å². The van der Waals surface area contributed by atoms with Gasteiger partial charge in [-0.3, -0.25) is 4.79 Å². The minimum Gasteiger partial charge on any atom is -0.491 e. The monoisotopic (exact) mass is 394 g/mol. The highest BCUT2D eigenvalue weighted by Gasteiger charge is 2.06. The minimum atomic E-state index is -0.626. The number of H-pyrrole nitrogens is 1. The summed E-state index contributed by atoms with van der Waals surface area (Å²) in [6.45, 7) is 1.25. The predicted octanol–water partition coefficient (Wildman–Crippen LogP) is 3.13. The lowest BCUT2D eigenvalue weighted by molar-refractivity contribution is 0.106. The van der Waals surface area contributed by atoms with Crippen LogP contribution in [0.4, 0.5) is 0 Å². The highest BCUT2D eigenvalue weighted by Crippen LogP contribution is 2.18. The Morgan fingerprint density at radius 2 is 1.88 bits per heavy atom. The molecule has 1 aromatic heterocycles. The predicted molar refractivity (Wildman–Crippen MR) is 106 cm³/mol. The van der Waals surface area contributed by atoms with Crippen molar-refractivity contribution in [2.24, 2.45) is 0 Å². The number of benzene rings is 2. The normalized spacial score (nSPS) is 11.8. The van der Waals surface area contributed by atoms with Crippen molar-refractivity contribution in [1.82, 2.24) is 10.3 Å². The van der Waals surface area contributed by atoms with E-state index in [1.54, 1.807) is 18.2 Å². The van der Waals surface area contributed by atoms with Crippen LogP contribution in [0.2, 0.25) is 5.02 Å². The lowest BCUT2D eigenvalue weighted by Gasteiger charge is -2.14. The molecule has 0 bridgehead atoms. The van der Waals surface area contributed by atoms with Gasteiger partial charge >= 0.3 is 0 Å². The Hall–Kier alpha value is -2.05. The molecule has 0 aliphatic heterocycles. The van der Waals surface area contributed by atoms with Crippen LogP contribution < -0.4 is 15.6 Å². The van der Waals surface area contributed by atoms with E-state index in [1.807, 2.05) is 30.3 Å². The Labute approximate surface area is 162 Å². The highest BCUT2D eigenvalue weighted by atomic mass is 35.5. The second-order valence-corrected chi connectivity index (χ2v) is 6.23. The lowest BCUT2D eigenvalue weighted by atomic mass is 10.2. The van der Waals surface area contributed by atoms with Crippen molar-refractivity contribution < 1.29 is 9.84 Å². The first-order chi connectivity index (χ1) is 12.1. The van der Waals surface area contributed by atoms with Crippen LogP contribution in [0.1, 0.15) is 5.56 Å². The number of aliphatic hydroxyl groups excluding tert-OH is 1. The quantitative estimate of drug-likeness (QED) is 0.575. The fourth-order valence-corrected chi connectivity index (χ4v) is 2.58. The van der Waals surface area contributed by atoms with Crippen LogP contribution in [0.15, 0.2) is 59.4 Å². The Kier molecular flexibility index (Phi) is 7.48. The number of ether oxygens (including phenoxy) is 1. The summed E-state index contributed by atoms with van der Waals surface area (Å²) >= 11 is 5.85. The number of halogens is 2. The first kappa shape index (κ1) is 20.3. The highest BCUT2D eigenvalue weighted by molar-refractivity contribution is 6.30. The van der Waals surface area contributed by atoms with Crippen molar-refractivity contribution in [2.75, 3.05) is 13.2 Å². The van der Waals surface area contributed by atoms with Gasteiger partial charge in [0.25, 0.3) is 0 Å². The van der Waals surface area contributed by atoms with Gasteiger partial charge in [-0.05, 0) is 42.0 Å². The number of pyridine rings is 1. The van der Waals surface area contributed by atoms with Crippen molar-refractivity contribution in [2.45, 2.75) is 12.6 Å². The maximum absolute atomic E-state index is 11.3. The number of rotatable bonds is 7. The number of hydrogen-bond acceptors (Lipinski definition) is 4. The Morgan fingerprint density at radius 1 is 1.12 bits per heavy atom. The van der Waals surface area contributed by atoms with Crippen LogP contribution in [0, 0.1) is 0 Å². The average molecular weight is 395 g/mol. The van der Waals surface area contributed by atoms with E-state index >= 15 is 0 Å². The molecule has 3 rings (SSSR count). The maximum Gasteiger partial charge on any atom is 0.248 e. The fourth-order valence-electron chi connectivity index (χ4n) is 2.46. The summed E-state index contributed by atoms with van der Waals surface area (Å²) < 4.78 is 5.63. The largest absolute Gasteiger partial charge is 0.491 e. The topological polar surface area (TPSA) is 74.3 Å². The van der Waals surface area contributed by atoms with E-state index in [9.17, 15) is 9.90 Å². The third-order valence-corrected chi connectivity index (χ3v) is 4.01. The molecule has 0 aliphatic carbocycles. The molecule has 0 spiro atoms. The third-order valence-electron chi connectivity index (χ3n) is 3.76. The van der Waals surface area contributed by atoms with E-state index in [0.717, 1.165) is 16.5 Å². The van der Waals surface area contributed by atoms with Gasteiger partial charge in [-0.1, -0.05) is 23.7 Å². The second-order valence-electron chi connectivity index (χ2n) is 5.79. The molecule has 3 N–H and O–H groups in total. The SMILES string of the molecule is Cl.O=c1ccc2cc(OC[C@@H](O)CNCc3ccc(Cl)cc3)ccc2[nH]1. The van der Waals surface area contributed by atoms with Crippen LogP contribution in [-0.2, 0) is 6.54 Å². The number of hydrogen-bond donors (Lipinski definition) is 3. The van der Waals surface area contributed by atoms with Crippen molar-refractivity contribution >= 4 is 34.9 Å². The molecule has 0 saturated carbocycles. The smallest absolute Gasteiger partial charge is 0.248 e. The van der Waals surface area contributed by atoms with Crippen LogP contribution in [0.5, 0.6) is 5.75 Å². The van der Waals surface area contributed by atoms with Crippen LogP contribution in [-0.4, -0.2) is 29.3 Å². The van der Waals surface area contributed by atoms with E-state index in [2.05, 4.69) is 10.3 Å². The lowest BCUT2D eigenvalue weighted by Crippen LogP contribution is -2.31. The van der Waals surface area contributed by atoms with Gasteiger partial charge in [-0.15, -0.1) is 12.4 Å². The average Bonchev–Trinajstić information content (AvgIpc) is 2.61. The Bertz CT molecular complexity index is 897. The first-order valence-electron chi connectivity index (χ1n) is 7.99. The molecule has 0 amide bonds. The van der Waals surface area contributed by atoms with Crippen molar-refractivity contribution in [1.29, 1.82) is 0 Å². The molecule has 2 aromatic carbocycles. The number of fused-ring (bicyclic) bond motifs is 1.